The summed E-state index contributed by atoms with van der Waals surface area (Å²) in [7, 11) is -3.05. The smallest absolute Gasteiger partial charge is 0.238 e. The standard InChI is InChI=1S/C5H7NO3S/c7-5-4-1-3(6-5)2-10(4,8)9/h3-4H,1-2H2,(H,6,7). The van der Waals surface area contributed by atoms with Gasteiger partial charge in [-0.25, -0.2) is 8.42 Å². The van der Waals surface area contributed by atoms with Gasteiger partial charge in [0.25, 0.3) is 0 Å². The molecule has 2 atom stereocenters. The molecule has 0 aromatic carbocycles. The van der Waals surface area contributed by atoms with E-state index in [1.807, 2.05) is 0 Å². The van der Waals surface area contributed by atoms with Crippen molar-refractivity contribution in [3.8, 4) is 0 Å². The van der Waals surface area contributed by atoms with Crippen molar-refractivity contribution < 1.29 is 13.2 Å². The predicted octanol–water partition coefficient (Wildman–Crippen LogP) is -1.33. The van der Waals surface area contributed by atoms with Crippen LogP contribution in [0.5, 0.6) is 0 Å². The van der Waals surface area contributed by atoms with Crippen LogP contribution >= 0.6 is 0 Å². The van der Waals surface area contributed by atoms with E-state index in [1.54, 1.807) is 0 Å². The fourth-order valence-corrected chi connectivity index (χ4v) is 3.47. The highest BCUT2D eigenvalue weighted by Crippen LogP contribution is 2.26. The van der Waals surface area contributed by atoms with Gasteiger partial charge < -0.3 is 5.32 Å². The van der Waals surface area contributed by atoms with Gasteiger partial charge in [-0.1, -0.05) is 0 Å². The molecule has 1 N–H and O–H groups in total. The highest BCUT2D eigenvalue weighted by atomic mass is 32.2. The summed E-state index contributed by atoms with van der Waals surface area (Å²) in [5, 5.41) is 1.87. The molecule has 2 fully saturated rings. The van der Waals surface area contributed by atoms with Gasteiger partial charge in [0.05, 0.1) is 5.75 Å². The van der Waals surface area contributed by atoms with Gasteiger partial charge in [-0.15, -0.1) is 0 Å². The van der Waals surface area contributed by atoms with Crippen LogP contribution in [0.25, 0.3) is 0 Å². The Morgan fingerprint density at radius 2 is 2.20 bits per heavy atom. The Labute approximate surface area is 58.5 Å². The first-order chi connectivity index (χ1) is 4.59. The predicted molar refractivity (Wildman–Crippen MR) is 34.1 cm³/mol. The topological polar surface area (TPSA) is 63.2 Å². The van der Waals surface area contributed by atoms with Gasteiger partial charge in [-0.2, -0.15) is 0 Å². The molecular formula is C5H7NO3S. The lowest BCUT2D eigenvalue weighted by atomic mass is 10.3. The van der Waals surface area contributed by atoms with Crippen LogP contribution in [0.4, 0.5) is 0 Å². The number of nitrogens with one attached hydrogen (secondary N) is 1. The molecule has 2 rings (SSSR count). The number of amides is 1. The first kappa shape index (κ1) is 6.15. The van der Waals surface area contributed by atoms with Crippen molar-refractivity contribution in [3.05, 3.63) is 0 Å². The first-order valence-corrected chi connectivity index (χ1v) is 4.83. The number of hydrogen-bond donors (Lipinski definition) is 1. The Morgan fingerprint density at radius 3 is 2.50 bits per heavy atom. The van der Waals surface area contributed by atoms with Gasteiger partial charge in [0.2, 0.25) is 5.91 Å². The zero-order chi connectivity index (χ0) is 7.35. The van der Waals surface area contributed by atoms with Crippen molar-refractivity contribution in [2.75, 3.05) is 5.75 Å². The highest BCUT2D eigenvalue weighted by Gasteiger charge is 2.49. The summed E-state index contributed by atoms with van der Waals surface area (Å²) in [4.78, 5) is 10.8. The molecule has 4 nitrogen and oxygen atoms in total. The van der Waals surface area contributed by atoms with Crippen molar-refractivity contribution in [2.45, 2.75) is 17.7 Å². The average molecular weight is 161 g/mol. The fraction of sp³-hybridized carbons (Fsp3) is 0.800. The second-order valence-corrected chi connectivity index (χ2v) is 4.99. The molecule has 1 amide bonds. The Morgan fingerprint density at radius 1 is 1.50 bits per heavy atom. The average Bonchev–Trinajstić information content (AvgIpc) is 2.18. The molecular weight excluding hydrogens is 154 g/mol. The largest absolute Gasteiger partial charge is 0.351 e. The van der Waals surface area contributed by atoms with Crippen molar-refractivity contribution in [1.82, 2.24) is 5.32 Å². The Hall–Kier alpha value is -0.580. The van der Waals surface area contributed by atoms with Crippen LogP contribution in [0.1, 0.15) is 6.42 Å². The van der Waals surface area contributed by atoms with Crippen LogP contribution in [0, 0.1) is 0 Å². The summed E-state index contributed by atoms with van der Waals surface area (Å²) in [5.74, 6) is -0.167. The molecule has 2 aliphatic heterocycles. The third kappa shape index (κ3) is 0.608. The van der Waals surface area contributed by atoms with Gasteiger partial charge >= 0.3 is 0 Å². The molecule has 5 heteroatoms. The van der Waals surface area contributed by atoms with Crippen molar-refractivity contribution in [3.63, 3.8) is 0 Å². The first-order valence-electron chi connectivity index (χ1n) is 3.11. The molecule has 0 radical (unpaired) electrons. The zero-order valence-electron chi connectivity index (χ0n) is 5.20. The summed E-state index contributed by atoms with van der Waals surface area (Å²) in [6.07, 6.45) is 0.487. The van der Waals surface area contributed by atoms with Crippen molar-refractivity contribution in [2.24, 2.45) is 0 Å². The quantitative estimate of drug-likeness (QED) is 0.479. The van der Waals surface area contributed by atoms with Crippen LogP contribution < -0.4 is 5.32 Å². The molecule has 0 spiro atoms. The number of carbonyl (C=O) groups excluding carboxylic acids is 1. The van der Waals surface area contributed by atoms with Gasteiger partial charge in [0.15, 0.2) is 9.84 Å². The van der Waals surface area contributed by atoms with Gasteiger partial charge in [-0.05, 0) is 6.42 Å². The molecule has 2 unspecified atom stereocenters. The third-order valence-corrected chi connectivity index (χ3v) is 4.14. The van der Waals surface area contributed by atoms with E-state index in [-0.39, 0.29) is 17.7 Å². The highest BCUT2D eigenvalue weighted by molar-refractivity contribution is 7.93. The molecule has 2 bridgehead atoms. The van der Waals surface area contributed by atoms with Gasteiger partial charge in [-0.3, -0.25) is 4.79 Å². The maximum atomic E-state index is 11.0. The minimum atomic E-state index is -3.05. The number of carbonyl (C=O) groups is 1. The van der Waals surface area contributed by atoms with Crippen molar-refractivity contribution in [1.29, 1.82) is 0 Å². The van der Waals surface area contributed by atoms with E-state index in [1.165, 1.54) is 0 Å². The molecule has 0 aromatic heterocycles. The van der Waals surface area contributed by atoms with Crippen molar-refractivity contribution >= 4 is 15.7 Å². The molecule has 0 saturated carbocycles. The normalized spacial score (nSPS) is 41.8. The van der Waals surface area contributed by atoms with E-state index in [0.717, 1.165) is 0 Å². The van der Waals surface area contributed by atoms with E-state index in [9.17, 15) is 13.2 Å². The summed E-state index contributed by atoms with van der Waals surface area (Å²) < 4.78 is 21.9. The molecule has 56 valence electrons. The van der Waals surface area contributed by atoms with Gasteiger partial charge in [0, 0.05) is 6.04 Å². The van der Waals surface area contributed by atoms with Gasteiger partial charge in [0.1, 0.15) is 5.25 Å². The molecule has 0 aromatic rings. The second-order valence-electron chi connectivity index (χ2n) is 2.76. The summed E-state index contributed by atoms with van der Waals surface area (Å²) in [6.45, 7) is 0. The minimum absolute atomic E-state index is 0.0949. The fourth-order valence-electron chi connectivity index (χ4n) is 1.53. The lowest BCUT2D eigenvalue weighted by molar-refractivity contribution is -0.119. The molecule has 0 aliphatic carbocycles. The van der Waals surface area contributed by atoms with Crippen LogP contribution in [0.3, 0.4) is 0 Å². The van der Waals surface area contributed by atoms with E-state index in [4.69, 9.17) is 0 Å². The van der Waals surface area contributed by atoms with Crippen LogP contribution in [-0.4, -0.2) is 31.4 Å². The lowest BCUT2D eigenvalue weighted by Crippen LogP contribution is -2.40. The summed E-state index contributed by atoms with van der Waals surface area (Å²) >= 11 is 0. The van der Waals surface area contributed by atoms with Crippen LogP contribution in [0.2, 0.25) is 0 Å². The zero-order valence-corrected chi connectivity index (χ0v) is 6.02. The Bertz CT molecular complexity index is 281. The van der Waals surface area contributed by atoms with E-state index in [2.05, 4.69) is 5.32 Å². The van der Waals surface area contributed by atoms with E-state index >= 15 is 0 Å². The lowest BCUT2D eigenvalue weighted by Gasteiger charge is -2.10. The number of hydrogen-bond acceptors (Lipinski definition) is 3. The molecule has 2 heterocycles. The Kier molecular flexibility index (Phi) is 0.940. The molecule has 2 saturated heterocycles. The van der Waals surface area contributed by atoms with E-state index < -0.39 is 15.1 Å². The maximum absolute atomic E-state index is 11.0. The number of sulfone groups is 1. The second kappa shape index (κ2) is 1.53. The monoisotopic (exact) mass is 161 g/mol. The van der Waals surface area contributed by atoms with Crippen LogP contribution in [-0.2, 0) is 14.6 Å². The number of fused-ring (bicyclic) bond motifs is 2. The SMILES string of the molecule is O=C1NC2CC1S(=O)(=O)C2. The summed E-state index contributed by atoms with van der Waals surface area (Å²) in [5.41, 5.74) is 0. The summed E-state index contributed by atoms with van der Waals surface area (Å²) in [6, 6.07) is -0.0949. The number of rotatable bonds is 0. The minimum Gasteiger partial charge on any atom is -0.351 e. The maximum Gasteiger partial charge on any atom is 0.238 e. The molecule has 10 heavy (non-hydrogen) atoms. The molecule has 2 aliphatic rings. The van der Waals surface area contributed by atoms with Crippen LogP contribution in [0.15, 0.2) is 0 Å². The third-order valence-electron chi connectivity index (χ3n) is 2.00. The Balaban J connectivity index is 2.46. The van der Waals surface area contributed by atoms with E-state index in [0.29, 0.717) is 6.42 Å².